The van der Waals surface area contributed by atoms with Gasteiger partial charge in [-0.1, -0.05) is 11.6 Å². The van der Waals surface area contributed by atoms with Crippen molar-refractivity contribution in [1.29, 1.82) is 0 Å². The second-order valence-corrected chi connectivity index (χ2v) is 4.54. The molecule has 0 saturated carbocycles. The van der Waals surface area contributed by atoms with E-state index in [0.29, 0.717) is 15.5 Å². The van der Waals surface area contributed by atoms with Crippen LogP contribution in [0.3, 0.4) is 0 Å². The molecule has 1 amide bonds. The molecule has 6 heteroatoms. The summed E-state index contributed by atoms with van der Waals surface area (Å²) in [4.78, 5) is 15.3. The van der Waals surface area contributed by atoms with E-state index in [1.54, 1.807) is 12.1 Å². The van der Waals surface area contributed by atoms with Crippen molar-refractivity contribution in [2.24, 2.45) is 10.7 Å². The first-order valence-corrected chi connectivity index (χ1v) is 5.52. The van der Waals surface area contributed by atoms with E-state index < -0.39 is 0 Å². The third kappa shape index (κ3) is 2.20. The van der Waals surface area contributed by atoms with Crippen molar-refractivity contribution in [2.45, 2.75) is 0 Å². The fourth-order valence-corrected chi connectivity index (χ4v) is 2.05. The highest BCUT2D eigenvalue weighted by Gasteiger charge is 2.19. The molecule has 1 aromatic rings. The fraction of sp³-hybridized carbons (Fsp3) is 0. The van der Waals surface area contributed by atoms with Crippen molar-refractivity contribution >= 4 is 40.5 Å². The van der Waals surface area contributed by atoms with Crippen molar-refractivity contribution in [3.05, 3.63) is 33.7 Å². The Hall–Kier alpha value is -1.46. The van der Waals surface area contributed by atoms with Crippen LogP contribution < -0.4 is 5.73 Å². The highest BCUT2D eigenvalue weighted by Crippen LogP contribution is 2.30. The Kier molecular flexibility index (Phi) is 2.89. The van der Waals surface area contributed by atoms with Crippen LogP contribution in [0, 0.1) is 0 Å². The predicted molar refractivity (Wildman–Crippen MR) is 65.3 cm³/mol. The van der Waals surface area contributed by atoms with Gasteiger partial charge in [-0.05, 0) is 41.6 Å². The largest absolute Gasteiger partial charge is 0.508 e. The van der Waals surface area contributed by atoms with Gasteiger partial charge in [-0.25, -0.2) is 0 Å². The molecular formula is C10H7ClN2O2S. The van der Waals surface area contributed by atoms with E-state index >= 15 is 0 Å². The molecule has 0 saturated heterocycles. The lowest BCUT2D eigenvalue weighted by atomic mass is 10.2. The van der Waals surface area contributed by atoms with E-state index in [1.165, 1.54) is 12.1 Å². The van der Waals surface area contributed by atoms with Crippen molar-refractivity contribution in [3.63, 3.8) is 0 Å². The van der Waals surface area contributed by atoms with Crippen molar-refractivity contribution in [3.8, 4) is 5.75 Å². The van der Waals surface area contributed by atoms with Crippen molar-refractivity contribution in [1.82, 2.24) is 0 Å². The minimum Gasteiger partial charge on any atom is -0.508 e. The third-order valence-corrected chi connectivity index (χ3v) is 3.06. The van der Waals surface area contributed by atoms with Gasteiger partial charge in [0.2, 0.25) is 0 Å². The molecule has 3 N–H and O–H groups in total. The van der Waals surface area contributed by atoms with E-state index in [4.69, 9.17) is 17.3 Å². The average Bonchev–Trinajstić information content (AvgIpc) is 2.51. The average molecular weight is 255 g/mol. The molecule has 16 heavy (non-hydrogen) atoms. The number of carbonyl (C=O) groups is 1. The number of carbonyl (C=O) groups excluding carboxylic acids is 1. The van der Waals surface area contributed by atoms with E-state index in [9.17, 15) is 9.90 Å². The molecule has 0 unspecified atom stereocenters. The standard InChI is InChI=1S/C10H7ClN2O2S/c11-7-2-1-6(14)3-5(7)4-8-9(15)13-10(12)16-8/h1-4,14H,(H2,12,13,15)/b8-4+. The van der Waals surface area contributed by atoms with E-state index in [-0.39, 0.29) is 16.8 Å². The first-order chi connectivity index (χ1) is 7.56. The molecule has 1 aromatic carbocycles. The Balaban J connectivity index is 2.37. The van der Waals surface area contributed by atoms with Gasteiger partial charge in [0.1, 0.15) is 5.75 Å². The highest BCUT2D eigenvalue weighted by atomic mass is 35.5. The molecule has 0 aromatic heterocycles. The summed E-state index contributed by atoms with van der Waals surface area (Å²) in [7, 11) is 0. The summed E-state index contributed by atoms with van der Waals surface area (Å²) in [6, 6.07) is 4.49. The topological polar surface area (TPSA) is 75.7 Å². The summed E-state index contributed by atoms with van der Waals surface area (Å²) in [5.74, 6) is -0.303. The molecule has 2 rings (SSSR count). The van der Waals surface area contributed by atoms with Gasteiger partial charge < -0.3 is 10.8 Å². The maximum Gasteiger partial charge on any atom is 0.286 e. The summed E-state index contributed by atoms with van der Waals surface area (Å²) in [5, 5.41) is 9.96. The van der Waals surface area contributed by atoms with Gasteiger partial charge >= 0.3 is 0 Å². The maximum atomic E-state index is 11.3. The van der Waals surface area contributed by atoms with Gasteiger partial charge in [-0.2, -0.15) is 4.99 Å². The molecule has 1 heterocycles. The number of rotatable bonds is 1. The minimum absolute atomic E-state index is 0.0839. The van der Waals surface area contributed by atoms with Crippen LogP contribution in [0.25, 0.3) is 6.08 Å². The first kappa shape index (κ1) is 11.0. The number of thioether (sulfide) groups is 1. The number of aliphatic imine (C=N–C) groups is 1. The quantitative estimate of drug-likeness (QED) is 0.752. The van der Waals surface area contributed by atoms with Gasteiger partial charge in [-0.15, -0.1) is 0 Å². The Morgan fingerprint density at radius 1 is 1.50 bits per heavy atom. The Labute approximate surface area is 101 Å². The number of nitrogens with zero attached hydrogens (tertiary/aromatic N) is 1. The van der Waals surface area contributed by atoms with Crippen LogP contribution in [0.15, 0.2) is 28.1 Å². The van der Waals surface area contributed by atoms with Crippen LogP contribution in [0.5, 0.6) is 5.75 Å². The number of aromatic hydroxyl groups is 1. The molecule has 0 aliphatic carbocycles. The van der Waals surface area contributed by atoms with E-state index in [2.05, 4.69) is 4.99 Å². The SMILES string of the molecule is NC1=NC(=O)/C(=C\c2cc(O)ccc2Cl)S1. The predicted octanol–water partition coefficient (Wildman–Crippen LogP) is 1.97. The number of benzene rings is 1. The Morgan fingerprint density at radius 3 is 2.88 bits per heavy atom. The molecule has 0 radical (unpaired) electrons. The number of amidine groups is 1. The normalized spacial score (nSPS) is 17.9. The molecule has 1 aliphatic rings. The lowest BCUT2D eigenvalue weighted by Crippen LogP contribution is -2.01. The zero-order valence-corrected chi connectivity index (χ0v) is 9.55. The number of halogens is 1. The molecule has 82 valence electrons. The van der Waals surface area contributed by atoms with Crippen LogP contribution in [-0.4, -0.2) is 16.2 Å². The summed E-state index contributed by atoms with van der Waals surface area (Å²) in [6.07, 6.45) is 1.55. The summed E-state index contributed by atoms with van der Waals surface area (Å²) >= 11 is 7.00. The zero-order chi connectivity index (χ0) is 11.7. The number of phenols is 1. The molecular weight excluding hydrogens is 248 g/mol. The van der Waals surface area contributed by atoms with E-state index in [1.807, 2.05) is 0 Å². The Bertz CT molecular complexity index is 526. The second kappa shape index (κ2) is 4.19. The smallest absolute Gasteiger partial charge is 0.286 e. The van der Waals surface area contributed by atoms with Gasteiger partial charge in [0.25, 0.3) is 5.91 Å². The van der Waals surface area contributed by atoms with Crippen LogP contribution in [0.2, 0.25) is 5.02 Å². The summed E-state index contributed by atoms with van der Waals surface area (Å²) in [5.41, 5.74) is 5.96. The van der Waals surface area contributed by atoms with Crippen LogP contribution >= 0.6 is 23.4 Å². The fourth-order valence-electron chi connectivity index (χ4n) is 1.21. The first-order valence-electron chi connectivity index (χ1n) is 4.33. The van der Waals surface area contributed by atoms with E-state index in [0.717, 1.165) is 11.8 Å². The number of phenolic OH excluding ortho intramolecular Hbond substituents is 1. The van der Waals surface area contributed by atoms with Crippen LogP contribution in [0.1, 0.15) is 5.56 Å². The van der Waals surface area contributed by atoms with Crippen molar-refractivity contribution in [2.75, 3.05) is 0 Å². The summed E-state index contributed by atoms with van der Waals surface area (Å²) < 4.78 is 0. The molecule has 1 aliphatic heterocycles. The Morgan fingerprint density at radius 2 is 2.25 bits per heavy atom. The molecule has 0 bridgehead atoms. The number of hydrogen-bond acceptors (Lipinski definition) is 4. The number of nitrogens with two attached hydrogens (primary N) is 1. The van der Waals surface area contributed by atoms with Crippen LogP contribution in [-0.2, 0) is 4.79 Å². The zero-order valence-electron chi connectivity index (χ0n) is 7.98. The van der Waals surface area contributed by atoms with Gasteiger partial charge in [-0.3, -0.25) is 4.79 Å². The molecule has 0 spiro atoms. The maximum absolute atomic E-state index is 11.3. The second-order valence-electron chi connectivity index (χ2n) is 3.07. The lowest BCUT2D eigenvalue weighted by Gasteiger charge is -2.00. The molecule has 0 fully saturated rings. The van der Waals surface area contributed by atoms with Crippen LogP contribution in [0.4, 0.5) is 0 Å². The third-order valence-electron chi connectivity index (χ3n) is 1.90. The number of hydrogen-bond donors (Lipinski definition) is 2. The van der Waals surface area contributed by atoms with Crippen molar-refractivity contribution < 1.29 is 9.90 Å². The highest BCUT2D eigenvalue weighted by molar-refractivity contribution is 8.18. The van der Waals surface area contributed by atoms with Gasteiger partial charge in [0.05, 0.1) is 4.91 Å². The minimum atomic E-state index is -0.387. The van der Waals surface area contributed by atoms with Gasteiger partial charge in [0, 0.05) is 5.02 Å². The monoisotopic (exact) mass is 254 g/mol. The van der Waals surface area contributed by atoms with Gasteiger partial charge in [0.15, 0.2) is 5.17 Å². The lowest BCUT2D eigenvalue weighted by molar-refractivity contribution is -0.113. The summed E-state index contributed by atoms with van der Waals surface area (Å²) in [6.45, 7) is 0. The molecule has 4 nitrogen and oxygen atoms in total. The number of amides is 1. The molecule has 0 atom stereocenters.